The molecular formula is C30H19N3O6. The number of nitro benzene ring substituents is 1. The van der Waals surface area contributed by atoms with Crippen molar-refractivity contribution >= 4 is 34.9 Å². The summed E-state index contributed by atoms with van der Waals surface area (Å²) in [5, 5.41) is 11.2. The first-order chi connectivity index (χ1) is 18.9. The summed E-state index contributed by atoms with van der Waals surface area (Å²) in [6, 6.07) is 26.2. The number of carbonyl (C=O) groups is 4. The highest BCUT2D eigenvalue weighted by Gasteiger charge is 2.56. The maximum atomic E-state index is 13.7. The zero-order valence-corrected chi connectivity index (χ0v) is 20.3. The van der Waals surface area contributed by atoms with E-state index in [-0.39, 0.29) is 33.8 Å². The minimum atomic E-state index is -0.714. The molecule has 4 aromatic rings. The molecule has 9 nitrogen and oxygen atoms in total. The lowest BCUT2D eigenvalue weighted by Crippen LogP contribution is -2.29. The second-order valence-electron chi connectivity index (χ2n) is 9.23. The van der Waals surface area contributed by atoms with Crippen LogP contribution < -0.4 is 4.90 Å². The Labute approximate surface area is 222 Å². The molecule has 6 rings (SSSR count). The lowest BCUT2D eigenvalue weighted by Gasteiger charge is -2.13. The van der Waals surface area contributed by atoms with Gasteiger partial charge in [0.15, 0.2) is 5.78 Å². The normalized spacial score (nSPS) is 17.6. The van der Waals surface area contributed by atoms with E-state index in [1.165, 1.54) is 41.3 Å². The number of anilines is 1. The van der Waals surface area contributed by atoms with Gasteiger partial charge < -0.3 is 4.90 Å². The van der Waals surface area contributed by atoms with Crippen LogP contribution in [0.3, 0.4) is 0 Å². The first-order valence-electron chi connectivity index (χ1n) is 12.1. The van der Waals surface area contributed by atoms with Gasteiger partial charge in [-0.05, 0) is 29.8 Å². The van der Waals surface area contributed by atoms with Gasteiger partial charge in [0.2, 0.25) is 0 Å². The molecule has 0 unspecified atom stereocenters. The van der Waals surface area contributed by atoms with Gasteiger partial charge in [0.05, 0.1) is 27.8 Å². The summed E-state index contributed by atoms with van der Waals surface area (Å²) in [5.74, 6) is -1.97. The van der Waals surface area contributed by atoms with Crippen LogP contribution in [0, 0.1) is 10.1 Å². The first-order valence-corrected chi connectivity index (χ1v) is 12.1. The predicted octanol–water partition coefficient (Wildman–Crippen LogP) is 4.84. The summed E-state index contributed by atoms with van der Waals surface area (Å²) in [4.78, 5) is 66.2. The van der Waals surface area contributed by atoms with Crippen LogP contribution in [0.1, 0.15) is 53.0 Å². The molecule has 2 aliphatic heterocycles. The van der Waals surface area contributed by atoms with E-state index < -0.39 is 34.7 Å². The van der Waals surface area contributed by atoms with Crippen LogP contribution in [0.25, 0.3) is 0 Å². The summed E-state index contributed by atoms with van der Waals surface area (Å²) in [6.07, 6.45) is 0. The fourth-order valence-corrected chi connectivity index (χ4v) is 5.02. The van der Waals surface area contributed by atoms with Crippen molar-refractivity contribution in [3.8, 4) is 0 Å². The molecule has 2 aliphatic rings. The van der Waals surface area contributed by atoms with Crippen LogP contribution in [0.2, 0.25) is 0 Å². The molecule has 3 amide bonds. The number of benzene rings is 4. The van der Waals surface area contributed by atoms with Crippen molar-refractivity contribution in [3.63, 3.8) is 0 Å². The van der Waals surface area contributed by atoms with Gasteiger partial charge in [-0.25, -0.2) is 4.90 Å². The molecule has 1 fully saturated rings. The lowest BCUT2D eigenvalue weighted by molar-refractivity contribution is -0.384. The summed E-state index contributed by atoms with van der Waals surface area (Å²) in [5.41, 5.74) is 1.35. The molecule has 0 N–H and O–H groups in total. The van der Waals surface area contributed by atoms with Crippen LogP contribution in [-0.4, -0.2) is 39.4 Å². The predicted molar refractivity (Wildman–Crippen MR) is 141 cm³/mol. The van der Waals surface area contributed by atoms with Crippen LogP contribution in [-0.2, 0) is 0 Å². The Bertz CT molecular complexity index is 1690. The third-order valence-electron chi connectivity index (χ3n) is 6.94. The van der Waals surface area contributed by atoms with Gasteiger partial charge in [-0.3, -0.25) is 29.3 Å². The molecule has 9 heteroatoms. The maximum absolute atomic E-state index is 13.7. The zero-order chi connectivity index (χ0) is 27.3. The van der Waals surface area contributed by atoms with Crippen molar-refractivity contribution in [1.82, 2.24) is 4.90 Å². The molecule has 190 valence electrons. The first kappa shape index (κ1) is 23.9. The van der Waals surface area contributed by atoms with E-state index in [2.05, 4.69) is 0 Å². The Kier molecular flexibility index (Phi) is 5.61. The average Bonchev–Trinajstić information content (AvgIpc) is 3.67. The zero-order valence-electron chi connectivity index (χ0n) is 20.3. The molecule has 0 aliphatic carbocycles. The Morgan fingerprint density at radius 2 is 1.38 bits per heavy atom. The van der Waals surface area contributed by atoms with Crippen molar-refractivity contribution in [3.05, 3.63) is 141 Å². The number of non-ortho nitro benzene ring substituents is 1. The number of hydrogen-bond acceptors (Lipinski definition) is 6. The van der Waals surface area contributed by atoms with E-state index in [1.807, 2.05) is 30.3 Å². The minimum Gasteiger partial charge on any atom is -0.316 e. The van der Waals surface area contributed by atoms with E-state index >= 15 is 0 Å². The monoisotopic (exact) mass is 517 g/mol. The number of nitrogens with zero attached hydrogens (tertiary/aromatic N) is 3. The second kappa shape index (κ2) is 9.14. The SMILES string of the molecule is O=C(c1ccccc1)[C@H]1[C@@H](c2ccccc2)N1C(=O)c1ccc2c(c1)C(=O)N(c1cccc([N+](=O)[O-])c1)C2=O. The summed E-state index contributed by atoms with van der Waals surface area (Å²) >= 11 is 0. The van der Waals surface area contributed by atoms with E-state index in [1.54, 1.807) is 30.3 Å². The van der Waals surface area contributed by atoms with Gasteiger partial charge in [0.25, 0.3) is 23.4 Å². The number of fused-ring (bicyclic) bond motifs is 1. The highest BCUT2D eigenvalue weighted by molar-refractivity contribution is 6.34. The van der Waals surface area contributed by atoms with Gasteiger partial charge in [0, 0.05) is 23.3 Å². The third-order valence-corrected chi connectivity index (χ3v) is 6.94. The van der Waals surface area contributed by atoms with Gasteiger partial charge in [0.1, 0.15) is 6.04 Å². The Hall–Kier alpha value is -5.44. The van der Waals surface area contributed by atoms with Crippen LogP contribution in [0.15, 0.2) is 103 Å². The van der Waals surface area contributed by atoms with Crippen molar-refractivity contribution < 1.29 is 24.1 Å². The highest BCUT2D eigenvalue weighted by atomic mass is 16.6. The van der Waals surface area contributed by atoms with Crippen LogP contribution >= 0.6 is 0 Å². The topological polar surface area (TPSA) is 118 Å². The van der Waals surface area contributed by atoms with Gasteiger partial charge >= 0.3 is 0 Å². The maximum Gasteiger partial charge on any atom is 0.271 e. The van der Waals surface area contributed by atoms with E-state index in [0.29, 0.717) is 5.56 Å². The quantitative estimate of drug-likeness (QED) is 0.119. The number of imide groups is 1. The Morgan fingerprint density at radius 1 is 0.718 bits per heavy atom. The molecule has 0 spiro atoms. The summed E-state index contributed by atoms with van der Waals surface area (Å²) < 4.78 is 0. The highest BCUT2D eigenvalue weighted by Crippen LogP contribution is 2.46. The van der Waals surface area contributed by atoms with Crippen molar-refractivity contribution in [2.24, 2.45) is 0 Å². The van der Waals surface area contributed by atoms with Gasteiger partial charge in [-0.1, -0.05) is 66.7 Å². The molecule has 1 saturated heterocycles. The molecule has 0 bridgehead atoms. The number of carbonyl (C=O) groups excluding carboxylic acids is 4. The molecule has 39 heavy (non-hydrogen) atoms. The van der Waals surface area contributed by atoms with Gasteiger partial charge in [-0.2, -0.15) is 0 Å². The fraction of sp³-hybridized carbons (Fsp3) is 0.0667. The largest absolute Gasteiger partial charge is 0.316 e. The Morgan fingerprint density at radius 3 is 2.08 bits per heavy atom. The smallest absolute Gasteiger partial charge is 0.271 e. The average molecular weight is 517 g/mol. The number of ketones is 1. The minimum absolute atomic E-state index is 0.0152. The number of nitro groups is 1. The summed E-state index contributed by atoms with van der Waals surface area (Å²) in [6.45, 7) is 0. The molecule has 0 radical (unpaired) electrons. The molecule has 0 aromatic heterocycles. The molecule has 4 aromatic carbocycles. The van der Waals surface area contributed by atoms with Crippen molar-refractivity contribution in [2.75, 3.05) is 4.90 Å². The molecular weight excluding hydrogens is 498 g/mol. The number of Topliss-reactive ketones (excluding diaryl/α,β-unsaturated/α-hetero) is 1. The fourth-order valence-electron chi connectivity index (χ4n) is 5.02. The molecule has 0 saturated carbocycles. The second-order valence-corrected chi connectivity index (χ2v) is 9.23. The van der Waals surface area contributed by atoms with Gasteiger partial charge in [-0.15, -0.1) is 0 Å². The van der Waals surface area contributed by atoms with Crippen LogP contribution in [0.4, 0.5) is 11.4 Å². The molecule has 2 atom stereocenters. The number of rotatable bonds is 6. The van der Waals surface area contributed by atoms with E-state index in [9.17, 15) is 29.3 Å². The van der Waals surface area contributed by atoms with Crippen molar-refractivity contribution in [2.45, 2.75) is 12.1 Å². The standard InChI is InChI=1S/C30H19N3O6/c34-27(19-10-5-2-6-11-19)26-25(18-8-3-1-4-9-18)32(26)28(35)20-14-15-23-24(16-20)30(37)31(29(23)36)21-12-7-13-22(17-21)33(38)39/h1-17,25-26H/t25-,26-,32?/m1/s1. The lowest BCUT2D eigenvalue weighted by atomic mass is 10.0. The number of amides is 3. The van der Waals surface area contributed by atoms with Crippen molar-refractivity contribution in [1.29, 1.82) is 0 Å². The van der Waals surface area contributed by atoms with E-state index in [0.717, 1.165) is 16.5 Å². The summed E-state index contributed by atoms with van der Waals surface area (Å²) in [7, 11) is 0. The third kappa shape index (κ3) is 3.97. The number of hydrogen-bond donors (Lipinski definition) is 0. The molecule has 2 heterocycles. The van der Waals surface area contributed by atoms with E-state index in [4.69, 9.17) is 0 Å². The van der Waals surface area contributed by atoms with Crippen LogP contribution in [0.5, 0.6) is 0 Å². The Balaban J connectivity index is 1.33.